The van der Waals surface area contributed by atoms with Gasteiger partial charge in [-0.15, -0.1) is 11.3 Å². The van der Waals surface area contributed by atoms with Gasteiger partial charge in [0.2, 0.25) is 5.91 Å². The number of rotatable bonds is 4. The summed E-state index contributed by atoms with van der Waals surface area (Å²) in [6.07, 6.45) is 0.880. The van der Waals surface area contributed by atoms with E-state index in [1.807, 2.05) is 5.38 Å². The Morgan fingerprint density at radius 1 is 1.43 bits per heavy atom. The number of nitro benzene ring substituents is 1. The van der Waals surface area contributed by atoms with Crippen LogP contribution in [0.25, 0.3) is 0 Å². The lowest BCUT2D eigenvalue weighted by molar-refractivity contribution is -0.384. The van der Waals surface area contributed by atoms with Crippen LogP contribution in [0.1, 0.15) is 10.4 Å². The zero-order valence-electron chi connectivity index (χ0n) is 12.1. The van der Waals surface area contributed by atoms with Crippen molar-refractivity contribution in [3.05, 3.63) is 55.2 Å². The van der Waals surface area contributed by atoms with Crippen molar-refractivity contribution in [3.8, 4) is 0 Å². The monoisotopic (exact) mass is 351 g/mol. The van der Waals surface area contributed by atoms with E-state index in [2.05, 4.69) is 11.4 Å². The number of amides is 1. The number of thiophene rings is 1. The van der Waals surface area contributed by atoms with Crippen molar-refractivity contribution in [2.24, 2.45) is 0 Å². The minimum absolute atomic E-state index is 0.0283. The third-order valence-electron chi connectivity index (χ3n) is 3.75. The number of anilines is 1. The van der Waals surface area contributed by atoms with E-state index < -0.39 is 4.92 Å². The maximum atomic E-state index is 12.3. The van der Waals surface area contributed by atoms with E-state index in [-0.39, 0.29) is 23.2 Å². The van der Waals surface area contributed by atoms with Crippen LogP contribution in [-0.2, 0) is 17.8 Å². The molecule has 1 aliphatic rings. The van der Waals surface area contributed by atoms with Gasteiger partial charge in [0.1, 0.15) is 5.02 Å². The van der Waals surface area contributed by atoms with E-state index in [0.29, 0.717) is 18.8 Å². The number of fused-ring (bicyclic) bond motifs is 1. The van der Waals surface area contributed by atoms with E-state index in [9.17, 15) is 14.9 Å². The second-order valence-corrected chi connectivity index (χ2v) is 6.62. The molecule has 0 spiro atoms. The zero-order valence-corrected chi connectivity index (χ0v) is 13.7. The second kappa shape index (κ2) is 6.55. The molecule has 0 saturated carbocycles. The van der Waals surface area contributed by atoms with Crippen LogP contribution in [0.2, 0.25) is 5.02 Å². The molecule has 6 nitrogen and oxygen atoms in total. The summed E-state index contributed by atoms with van der Waals surface area (Å²) < 4.78 is 0. The molecule has 1 N–H and O–H groups in total. The molecule has 1 aliphatic heterocycles. The first-order valence-corrected chi connectivity index (χ1v) is 8.31. The molecule has 0 atom stereocenters. The molecule has 23 heavy (non-hydrogen) atoms. The van der Waals surface area contributed by atoms with Gasteiger partial charge in [-0.2, -0.15) is 0 Å². The van der Waals surface area contributed by atoms with Gasteiger partial charge in [-0.1, -0.05) is 11.6 Å². The number of nitrogens with zero attached hydrogens (tertiary/aromatic N) is 2. The normalized spacial score (nSPS) is 13.5. The topological polar surface area (TPSA) is 75.5 Å². The highest BCUT2D eigenvalue weighted by atomic mass is 35.5. The lowest BCUT2D eigenvalue weighted by Crippen LogP contribution is -2.38. The molecule has 1 aromatic heterocycles. The highest BCUT2D eigenvalue weighted by molar-refractivity contribution is 7.10. The molecule has 120 valence electrons. The fourth-order valence-electron chi connectivity index (χ4n) is 2.51. The van der Waals surface area contributed by atoms with Crippen molar-refractivity contribution in [2.45, 2.75) is 13.0 Å². The van der Waals surface area contributed by atoms with E-state index in [0.717, 1.165) is 6.42 Å². The molecule has 0 bridgehead atoms. The van der Waals surface area contributed by atoms with E-state index in [1.165, 1.54) is 22.6 Å². The third kappa shape index (κ3) is 3.46. The molecular formula is C15H14ClN3O3S. The molecule has 1 amide bonds. The Morgan fingerprint density at radius 3 is 3.04 bits per heavy atom. The Labute approximate surface area is 141 Å². The number of hydrogen-bond acceptors (Lipinski definition) is 5. The molecule has 3 rings (SSSR count). The summed E-state index contributed by atoms with van der Waals surface area (Å²) in [6.45, 7) is 1.42. The minimum atomic E-state index is -0.544. The molecule has 2 aromatic rings. The molecular weight excluding hydrogens is 338 g/mol. The van der Waals surface area contributed by atoms with Crippen LogP contribution >= 0.6 is 22.9 Å². The number of hydrogen-bond donors (Lipinski definition) is 1. The van der Waals surface area contributed by atoms with Crippen LogP contribution in [0.3, 0.4) is 0 Å². The van der Waals surface area contributed by atoms with Gasteiger partial charge in [0.05, 0.1) is 11.5 Å². The van der Waals surface area contributed by atoms with Crippen molar-refractivity contribution in [1.82, 2.24) is 4.90 Å². The Kier molecular flexibility index (Phi) is 4.49. The highest BCUT2D eigenvalue weighted by Gasteiger charge is 2.21. The van der Waals surface area contributed by atoms with Crippen molar-refractivity contribution in [3.63, 3.8) is 0 Å². The van der Waals surface area contributed by atoms with Gasteiger partial charge in [0.15, 0.2) is 0 Å². The first-order chi connectivity index (χ1) is 11.0. The molecule has 0 fully saturated rings. The summed E-state index contributed by atoms with van der Waals surface area (Å²) in [6, 6.07) is 6.46. The van der Waals surface area contributed by atoms with Gasteiger partial charge in [-0.25, -0.2) is 0 Å². The fraction of sp³-hybridized carbons (Fsp3) is 0.267. The predicted molar refractivity (Wildman–Crippen MR) is 90.0 cm³/mol. The van der Waals surface area contributed by atoms with Crippen LogP contribution in [-0.4, -0.2) is 28.8 Å². The smallest absolute Gasteiger partial charge is 0.289 e. The lowest BCUT2D eigenvalue weighted by Gasteiger charge is -2.27. The average Bonchev–Trinajstić information content (AvgIpc) is 3.01. The number of nitrogens with one attached hydrogen (secondary N) is 1. The Bertz CT molecular complexity index is 762. The maximum Gasteiger partial charge on any atom is 0.289 e. The number of carbonyl (C=O) groups is 1. The number of carbonyl (C=O) groups excluding carboxylic acids is 1. The van der Waals surface area contributed by atoms with E-state index >= 15 is 0 Å². The van der Waals surface area contributed by atoms with Gasteiger partial charge in [0.25, 0.3) is 5.69 Å². The van der Waals surface area contributed by atoms with Crippen molar-refractivity contribution >= 4 is 40.2 Å². The van der Waals surface area contributed by atoms with Gasteiger partial charge >= 0.3 is 0 Å². The molecule has 0 unspecified atom stereocenters. The molecule has 0 radical (unpaired) electrons. The zero-order chi connectivity index (χ0) is 16.4. The lowest BCUT2D eigenvalue weighted by atomic mass is 10.1. The largest absolute Gasteiger partial charge is 0.376 e. The molecule has 8 heteroatoms. The minimum Gasteiger partial charge on any atom is -0.376 e. The number of benzene rings is 1. The third-order valence-corrected chi connectivity index (χ3v) is 5.09. The first-order valence-electron chi connectivity index (χ1n) is 7.05. The quantitative estimate of drug-likeness (QED) is 0.677. The van der Waals surface area contributed by atoms with E-state index in [1.54, 1.807) is 22.3 Å². The summed E-state index contributed by atoms with van der Waals surface area (Å²) in [5, 5.41) is 15.9. The summed E-state index contributed by atoms with van der Waals surface area (Å²) in [5.74, 6) is -0.0283. The van der Waals surface area contributed by atoms with Crippen LogP contribution in [0.4, 0.5) is 11.4 Å². The van der Waals surface area contributed by atoms with Crippen molar-refractivity contribution in [1.29, 1.82) is 0 Å². The Hall–Kier alpha value is -2.12. The van der Waals surface area contributed by atoms with Crippen LogP contribution in [0, 0.1) is 10.1 Å². The molecule has 0 saturated heterocycles. The summed E-state index contributed by atoms with van der Waals surface area (Å²) in [5.41, 5.74) is 1.53. The highest BCUT2D eigenvalue weighted by Crippen LogP contribution is 2.27. The average molecular weight is 352 g/mol. The Balaban J connectivity index is 1.61. The van der Waals surface area contributed by atoms with Crippen LogP contribution in [0.15, 0.2) is 29.6 Å². The number of nitro groups is 1. The van der Waals surface area contributed by atoms with Gasteiger partial charge in [-0.05, 0) is 35.6 Å². The van der Waals surface area contributed by atoms with E-state index in [4.69, 9.17) is 11.6 Å². The van der Waals surface area contributed by atoms with Crippen LogP contribution in [0.5, 0.6) is 0 Å². The molecule has 0 aliphatic carbocycles. The van der Waals surface area contributed by atoms with Crippen molar-refractivity contribution in [2.75, 3.05) is 18.4 Å². The van der Waals surface area contributed by atoms with Gasteiger partial charge in [0, 0.05) is 29.7 Å². The first kappa shape index (κ1) is 15.8. The van der Waals surface area contributed by atoms with Crippen molar-refractivity contribution < 1.29 is 9.72 Å². The van der Waals surface area contributed by atoms with Gasteiger partial charge < -0.3 is 10.2 Å². The standard InChI is InChI=1S/C15H14ClN3O3S/c16-12-2-1-11(7-13(12)19(21)22)17-8-15(20)18-5-3-14-10(9-18)4-6-23-14/h1-2,4,6-7,17H,3,5,8-9H2. The van der Waals surface area contributed by atoms with Crippen LogP contribution < -0.4 is 5.32 Å². The molecule has 1 aromatic carbocycles. The summed E-state index contributed by atoms with van der Waals surface area (Å²) in [4.78, 5) is 25.8. The fourth-order valence-corrected chi connectivity index (χ4v) is 3.59. The second-order valence-electron chi connectivity index (χ2n) is 5.21. The maximum absolute atomic E-state index is 12.3. The predicted octanol–water partition coefficient (Wildman–Crippen LogP) is 3.31. The summed E-state index contributed by atoms with van der Waals surface area (Å²) >= 11 is 7.49. The summed E-state index contributed by atoms with van der Waals surface area (Å²) in [7, 11) is 0. The number of halogens is 1. The van der Waals surface area contributed by atoms with Gasteiger partial charge in [-0.3, -0.25) is 14.9 Å². The Morgan fingerprint density at radius 2 is 2.26 bits per heavy atom. The SMILES string of the molecule is O=C(CNc1ccc(Cl)c([N+](=O)[O-])c1)N1CCc2sccc2C1. The molecule has 2 heterocycles.